The highest BCUT2D eigenvalue weighted by atomic mass is 16.4. The molecule has 3 N–H and O–H groups in total. The first-order valence-electron chi connectivity index (χ1n) is 4.71. The lowest BCUT2D eigenvalue weighted by molar-refractivity contribution is -0.121. The van der Waals surface area contributed by atoms with Crippen molar-refractivity contribution in [1.82, 2.24) is 9.88 Å². The third-order valence-electron chi connectivity index (χ3n) is 2.27. The first-order chi connectivity index (χ1) is 7.61. The fraction of sp³-hybridized carbons (Fsp3) is 0.200. The monoisotopic (exact) mass is 221 g/mol. The first-order valence-corrected chi connectivity index (χ1v) is 4.71. The molecule has 16 heavy (non-hydrogen) atoms. The van der Waals surface area contributed by atoms with E-state index in [1.807, 2.05) is 0 Å². The van der Waals surface area contributed by atoms with Gasteiger partial charge in [-0.15, -0.1) is 0 Å². The van der Waals surface area contributed by atoms with Gasteiger partial charge in [-0.2, -0.15) is 0 Å². The molecule has 84 valence electrons. The fourth-order valence-corrected chi connectivity index (χ4v) is 1.45. The van der Waals surface area contributed by atoms with Crippen LogP contribution in [0.4, 0.5) is 5.69 Å². The van der Waals surface area contributed by atoms with Crippen molar-refractivity contribution in [2.45, 2.75) is 6.54 Å². The Labute approximate surface area is 90.6 Å². The number of rotatable bonds is 2. The second-order valence-electron chi connectivity index (χ2n) is 3.35. The van der Waals surface area contributed by atoms with Gasteiger partial charge >= 0.3 is 5.76 Å². The zero-order chi connectivity index (χ0) is 11.7. The van der Waals surface area contributed by atoms with Crippen LogP contribution in [0.1, 0.15) is 0 Å². The number of carbonyl (C=O) groups excluding carboxylic acids is 1. The van der Waals surface area contributed by atoms with E-state index in [2.05, 4.69) is 5.32 Å². The molecule has 0 fully saturated rings. The van der Waals surface area contributed by atoms with Crippen molar-refractivity contribution < 1.29 is 9.21 Å². The van der Waals surface area contributed by atoms with Gasteiger partial charge in [0, 0.05) is 12.7 Å². The van der Waals surface area contributed by atoms with Crippen molar-refractivity contribution in [3.63, 3.8) is 0 Å². The number of carbonyl (C=O) groups is 1. The predicted octanol–water partition coefficient (Wildman–Crippen LogP) is -0.0773. The van der Waals surface area contributed by atoms with E-state index in [1.165, 1.54) is 11.6 Å². The summed E-state index contributed by atoms with van der Waals surface area (Å²) in [5.41, 5.74) is 7.06. The van der Waals surface area contributed by atoms with Gasteiger partial charge in [-0.25, -0.2) is 4.79 Å². The van der Waals surface area contributed by atoms with Gasteiger partial charge in [-0.3, -0.25) is 9.36 Å². The molecule has 2 rings (SSSR count). The molecule has 0 bridgehead atoms. The summed E-state index contributed by atoms with van der Waals surface area (Å²) in [5, 5.41) is 2.44. The number of oxazole rings is 1. The quantitative estimate of drug-likeness (QED) is 0.694. The number of anilines is 1. The minimum Gasteiger partial charge on any atom is -0.408 e. The molecule has 1 amide bonds. The Balaban J connectivity index is 2.58. The average Bonchev–Trinajstić information content (AvgIpc) is 2.55. The number of nitrogens with one attached hydrogen (secondary N) is 1. The highest BCUT2D eigenvalue weighted by Crippen LogP contribution is 2.15. The van der Waals surface area contributed by atoms with E-state index in [-0.39, 0.29) is 12.5 Å². The molecule has 0 aliphatic rings. The van der Waals surface area contributed by atoms with Crippen molar-refractivity contribution in [3.05, 3.63) is 28.7 Å². The predicted molar refractivity (Wildman–Crippen MR) is 59.0 cm³/mol. The van der Waals surface area contributed by atoms with Crippen molar-refractivity contribution >= 4 is 22.7 Å². The molecule has 1 aromatic heterocycles. The molecule has 0 aliphatic heterocycles. The van der Waals surface area contributed by atoms with E-state index in [1.54, 1.807) is 18.2 Å². The van der Waals surface area contributed by atoms with Gasteiger partial charge in [-0.05, 0) is 18.2 Å². The van der Waals surface area contributed by atoms with E-state index in [9.17, 15) is 9.59 Å². The molecule has 2 aromatic rings. The number of nitrogens with two attached hydrogens (primary N) is 1. The normalized spacial score (nSPS) is 10.6. The van der Waals surface area contributed by atoms with E-state index in [0.29, 0.717) is 16.8 Å². The average molecular weight is 221 g/mol. The molecule has 6 nitrogen and oxygen atoms in total. The Hall–Kier alpha value is -2.24. The number of nitrogens with zero attached hydrogens (tertiary/aromatic N) is 1. The number of hydrogen-bond donors (Lipinski definition) is 2. The Morgan fingerprint density at radius 1 is 1.56 bits per heavy atom. The smallest absolute Gasteiger partial charge is 0.408 e. The second-order valence-corrected chi connectivity index (χ2v) is 3.35. The number of benzene rings is 1. The largest absolute Gasteiger partial charge is 0.420 e. The van der Waals surface area contributed by atoms with E-state index < -0.39 is 5.76 Å². The number of hydrogen-bond acceptors (Lipinski definition) is 4. The van der Waals surface area contributed by atoms with Crippen LogP contribution in [0, 0.1) is 0 Å². The Morgan fingerprint density at radius 3 is 3.00 bits per heavy atom. The van der Waals surface area contributed by atoms with Crippen LogP contribution in [0.2, 0.25) is 0 Å². The molecule has 6 heteroatoms. The summed E-state index contributed by atoms with van der Waals surface area (Å²) in [5.74, 6) is -0.837. The summed E-state index contributed by atoms with van der Waals surface area (Å²) in [6.45, 7) is -0.0776. The maximum Gasteiger partial charge on any atom is 0.420 e. The number of amides is 1. The third kappa shape index (κ3) is 1.65. The van der Waals surface area contributed by atoms with Crippen LogP contribution in [0.25, 0.3) is 11.1 Å². The molecule has 1 aromatic carbocycles. The molecule has 0 atom stereocenters. The summed E-state index contributed by atoms with van der Waals surface area (Å²) in [7, 11) is 1.50. The minimum absolute atomic E-state index is 0.0776. The lowest BCUT2D eigenvalue weighted by Gasteiger charge is -2.00. The SMILES string of the molecule is CNC(=O)Cn1c(=O)oc2ccc(N)cc21. The van der Waals surface area contributed by atoms with Gasteiger partial charge in [0.05, 0.1) is 5.52 Å². The zero-order valence-electron chi connectivity index (χ0n) is 8.69. The highest BCUT2D eigenvalue weighted by molar-refractivity contribution is 5.81. The molecule has 0 spiro atoms. The van der Waals surface area contributed by atoms with Gasteiger partial charge < -0.3 is 15.5 Å². The molecule has 1 heterocycles. The number of aromatic nitrogens is 1. The maximum atomic E-state index is 11.5. The molecule has 0 unspecified atom stereocenters. The molecule has 0 saturated carbocycles. The Kier molecular flexibility index (Phi) is 2.40. The van der Waals surface area contributed by atoms with Crippen LogP contribution in [0.15, 0.2) is 27.4 Å². The lowest BCUT2D eigenvalue weighted by Crippen LogP contribution is -2.27. The zero-order valence-corrected chi connectivity index (χ0v) is 8.69. The second kappa shape index (κ2) is 3.73. The van der Waals surface area contributed by atoms with Crippen LogP contribution in [0.3, 0.4) is 0 Å². The highest BCUT2D eigenvalue weighted by Gasteiger charge is 2.11. The van der Waals surface area contributed by atoms with Crippen molar-refractivity contribution in [2.75, 3.05) is 12.8 Å². The van der Waals surface area contributed by atoms with Gasteiger partial charge in [0.2, 0.25) is 5.91 Å². The number of nitrogen functional groups attached to an aromatic ring is 1. The van der Waals surface area contributed by atoms with E-state index in [4.69, 9.17) is 10.2 Å². The Bertz CT molecular complexity index is 597. The van der Waals surface area contributed by atoms with Crippen LogP contribution >= 0.6 is 0 Å². The van der Waals surface area contributed by atoms with Crippen LogP contribution < -0.4 is 16.8 Å². The van der Waals surface area contributed by atoms with Gasteiger partial charge in [0.15, 0.2) is 5.58 Å². The summed E-state index contributed by atoms with van der Waals surface area (Å²) >= 11 is 0. The van der Waals surface area contributed by atoms with E-state index in [0.717, 1.165) is 0 Å². The van der Waals surface area contributed by atoms with Crippen molar-refractivity contribution in [2.24, 2.45) is 0 Å². The lowest BCUT2D eigenvalue weighted by atomic mass is 10.3. The molecule has 0 saturated heterocycles. The first kappa shape index (κ1) is 10.3. The Morgan fingerprint density at radius 2 is 2.31 bits per heavy atom. The van der Waals surface area contributed by atoms with Crippen LogP contribution in [-0.2, 0) is 11.3 Å². The van der Waals surface area contributed by atoms with Gasteiger partial charge in [-0.1, -0.05) is 0 Å². The summed E-state index contributed by atoms with van der Waals surface area (Å²) < 4.78 is 6.21. The van der Waals surface area contributed by atoms with Crippen LogP contribution in [-0.4, -0.2) is 17.5 Å². The van der Waals surface area contributed by atoms with Crippen LogP contribution in [0.5, 0.6) is 0 Å². The molecule has 0 radical (unpaired) electrons. The summed E-state index contributed by atoms with van der Waals surface area (Å²) in [6.07, 6.45) is 0. The molecule has 0 aliphatic carbocycles. The van der Waals surface area contributed by atoms with Gasteiger partial charge in [0.1, 0.15) is 6.54 Å². The number of fused-ring (bicyclic) bond motifs is 1. The summed E-state index contributed by atoms with van der Waals surface area (Å²) in [6, 6.07) is 4.84. The minimum atomic E-state index is -0.566. The molecular formula is C10H11N3O3. The third-order valence-corrected chi connectivity index (χ3v) is 2.27. The van der Waals surface area contributed by atoms with Gasteiger partial charge in [0.25, 0.3) is 0 Å². The fourth-order valence-electron chi connectivity index (χ4n) is 1.45. The topological polar surface area (TPSA) is 90.3 Å². The van der Waals surface area contributed by atoms with Crippen molar-refractivity contribution in [3.8, 4) is 0 Å². The summed E-state index contributed by atoms with van der Waals surface area (Å²) in [4.78, 5) is 22.7. The molecular weight excluding hydrogens is 210 g/mol. The van der Waals surface area contributed by atoms with Crippen molar-refractivity contribution in [1.29, 1.82) is 0 Å². The van der Waals surface area contributed by atoms with E-state index >= 15 is 0 Å². The maximum absolute atomic E-state index is 11.5. The number of likely N-dealkylation sites (N-methyl/N-ethyl adjacent to an activating group) is 1. The standard InChI is InChI=1S/C10H11N3O3/c1-12-9(14)5-13-7-4-6(11)2-3-8(7)16-10(13)15/h2-4H,5,11H2,1H3,(H,12,14).